The normalized spacial score (nSPS) is 21.9. The van der Waals surface area contributed by atoms with Gasteiger partial charge in [0.15, 0.2) is 6.61 Å². The van der Waals surface area contributed by atoms with Crippen LogP contribution in [0.5, 0.6) is 5.75 Å². The van der Waals surface area contributed by atoms with E-state index in [9.17, 15) is 13.2 Å². The Morgan fingerprint density at radius 2 is 2.09 bits per heavy atom. The van der Waals surface area contributed by atoms with Gasteiger partial charge in [-0.2, -0.15) is 13.2 Å². The lowest BCUT2D eigenvalue weighted by molar-refractivity contribution is -0.153. The molecule has 3 fully saturated rings. The van der Waals surface area contributed by atoms with Gasteiger partial charge in [0.1, 0.15) is 17.2 Å². The van der Waals surface area contributed by atoms with E-state index in [2.05, 4.69) is 15.6 Å². The Kier molecular flexibility index (Phi) is 4.40. The molecule has 4 heterocycles. The fourth-order valence-corrected chi connectivity index (χ4v) is 4.73. The Balaban J connectivity index is 1.32. The van der Waals surface area contributed by atoms with E-state index in [0.29, 0.717) is 17.1 Å². The second kappa shape index (κ2) is 7.10. The van der Waals surface area contributed by atoms with Crippen molar-refractivity contribution in [3.05, 3.63) is 42.2 Å². The number of imidazole rings is 1. The Bertz CT molecular complexity index is 1170. The van der Waals surface area contributed by atoms with Gasteiger partial charge in [-0.15, -0.1) is 0 Å². The number of fused-ring (bicyclic) bond motifs is 1. The molecular formula is C23H24F3N5O. The van der Waals surface area contributed by atoms with E-state index >= 15 is 0 Å². The summed E-state index contributed by atoms with van der Waals surface area (Å²) in [7, 11) is 0. The zero-order valence-electron chi connectivity index (χ0n) is 17.5. The van der Waals surface area contributed by atoms with Crippen LogP contribution in [0.1, 0.15) is 37.2 Å². The van der Waals surface area contributed by atoms with Crippen LogP contribution >= 0.6 is 0 Å². The van der Waals surface area contributed by atoms with Gasteiger partial charge in [0.05, 0.1) is 17.6 Å². The van der Waals surface area contributed by atoms with Crippen LogP contribution in [-0.4, -0.2) is 46.3 Å². The smallest absolute Gasteiger partial charge is 0.422 e. The van der Waals surface area contributed by atoms with Gasteiger partial charge in [-0.3, -0.25) is 4.40 Å². The van der Waals surface area contributed by atoms with Crippen molar-refractivity contribution in [1.29, 1.82) is 0 Å². The van der Waals surface area contributed by atoms with E-state index in [1.807, 2.05) is 28.8 Å². The molecule has 1 aliphatic heterocycles. The number of pyridine rings is 2. The van der Waals surface area contributed by atoms with Crippen LogP contribution in [0.4, 0.5) is 19.0 Å². The number of halogens is 3. The highest BCUT2D eigenvalue weighted by Crippen LogP contribution is 2.51. The zero-order valence-corrected chi connectivity index (χ0v) is 17.5. The van der Waals surface area contributed by atoms with Gasteiger partial charge in [-0.1, -0.05) is 6.07 Å². The molecule has 0 radical (unpaired) electrons. The third-order valence-corrected chi connectivity index (χ3v) is 6.84. The predicted molar refractivity (Wildman–Crippen MR) is 114 cm³/mol. The summed E-state index contributed by atoms with van der Waals surface area (Å²) in [5.41, 5.74) is 3.27. The first-order valence-corrected chi connectivity index (χ1v) is 11.1. The fraction of sp³-hybridized carbons (Fsp3) is 0.478. The second-order valence-corrected chi connectivity index (χ2v) is 9.24. The summed E-state index contributed by atoms with van der Waals surface area (Å²) in [4.78, 5) is 9.24. The van der Waals surface area contributed by atoms with Crippen molar-refractivity contribution in [2.45, 2.75) is 43.8 Å². The molecule has 9 heteroatoms. The monoisotopic (exact) mass is 443 g/mol. The fourth-order valence-electron chi connectivity index (χ4n) is 4.73. The number of nitrogens with one attached hydrogen (secondary N) is 2. The molecule has 0 bridgehead atoms. The molecule has 3 aromatic heterocycles. The van der Waals surface area contributed by atoms with Crippen molar-refractivity contribution >= 4 is 11.5 Å². The molecule has 3 aromatic rings. The number of hydrogen-bond donors (Lipinski definition) is 2. The van der Waals surface area contributed by atoms with Crippen molar-refractivity contribution in [3.8, 4) is 17.1 Å². The highest BCUT2D eigenvalue weighted by molar-refractivity contribution is 5.64. The van der Waals surface area contributed by atoms with Crippen LogP contribution in [0.3, 0.4) is 0 Å². The van der Waals surface area contributed by atoms with Crippen LogP contribution in [0.15, 0.2) is 36.7 Å². The quantitative estimate of drug-likeness (QED) is 0.592. The first-order valence-electron chi connectivity index (χ1n) is 11.1. The molecule has 0 aromatic carbocycles. The SMILES string of the molecule is FC(F)(F)COc1cc2ncc(-c3cccc(NC4CNCC45CC5)n3)n2cc1C1CC1. The van der Waals surface area contributed by atoms with E-state index < -0.39 is 12.8 Å². The summed E-state index contributed by atoms with van der Waals surface area (Å²) in [6.07, 6.45) is 3.59. The molecule has 3 aliphatic rings. The number of aromatic nitrogens is 3. The summed E-state index contributed by atoms with van der Waals surface area (Å²) in [6, 6.07) is 7.85. The van der Waals surface area contributed by atoms with Crippen LogP contribution in [0.2, 0.25) is 0 Å². The lowest BCUT2D eigenvalue weighted by atomic mass is 10.0. The van der Waals surface area contributed by atoms with Crippen molar-refractivity contribution in [2.24, 2.45) is 5.41 Å². The first kappa shape index (κ1) is 19.8. The van der Waals surface area contributed by atoms with Gasteiger partial charge in [-0.05, 0) is 43.7 Å². The summed E-state index contributed by atoms with van der Waals surface area (Å²) >= 11 is 0. The maximum Gasteiger partial charge on any atom is 0.422 e. The van der Waals surface area contributed by atoms with E-state index in [4.69, 9.17) is 9.72 Å². The molecule has 6 rings (SSSR count). The average molecular weight is 443 g/mol. The maximum absolute atomic E-state index is 12.7. The Hall–Kier alpha value is -2.81. The predicted octanol–water partition coefficient (Wildman–Crippen LogP) is 4.38. The van der Waals surface area contributed by atoms with Gasteiger partial charge >= 0.3 is 6.18 Å². The molecule has 2 N–H and O–H groups in total. The molecule has 2 aliphatic carbocycles. The Morgan fingerprint density at radius 1 is 1.25 bits per heavy atom. The average Bonchev–Trinajstić information content (AvgIpc) is 3.66. The molecule has 2 saturated carbocycles. The lowest BCUT2D eigenvalue weighted by Gasteiger charge is -2.19. The standard InChI is InChI=1S/C23H24F3N5O/c24-23(25,26)13-32-18-8-21-28-9-17(31(21)11-15(18)14-4-5-14)16-2-1-3-20(29-16)30-19-10-27-12-22(19)6-7-22/h1-3,8-9,11,14,19,27H,4-7,10,12-13H2,(H,29,30). The molecular weight excluding hydrogens is 419 g/mol. The maximum atomic E-state index is 12.7. The van der Waals surface area contributed by atoms with E-state index in [-0.39, 0.29) is 11.7 Å². The number of anilines is 1. The molecule has 1 saturated heterocycles. The molecule has 6 nitrogen and oxygen atoms in total. The summed E-state index contributed by atoms with van der Waals surface area (Å²) in [5.74, 6) is 1.31. The number of alkyl halides is 3. The minimum Gasteiger partial charge on any atom is -0.484 e. The minimum atomic E-state index is -4.38. The van der Waals surface area contributed by atoms with Crippen LogP contribution in [0.25, 0.3) is 17.0 Å². The number of nitrogens with zero attached hydrogens (tertiary/aromatic N) is 3. The van der Waals surface area contributed by atoms with E-state index in [1.54, 1.807) is 12.3 Å². The van der Waals surface area contributed by atoms with E-state index in [1.165, 1.54) is 12.8 Å². The summed E-state index contributed by atoms with van der Waals surface area (Å²) in [6.45, 7) is 0.691. The Morgan fingerprint density at radius 3 is 2.84 bits per heavy atom. The third-order valence-electron chi connectivity index (χ3n) is 6.84. The molecule has 1 spiro atoms. The zero-order chi connectivity index (χ0) is 21.9. The topological polar surface area (TPSA) is 63.5 Å². The molecule has 1 atom stereocenters. The summed E-state index contributed by atoms with van der Waals surface area (Å²) in [5, 5.41) is 7.07. The van der Waals surface area contributed by atoms with Gasteiger partial charge in [0.2, 0.25) is 0 Å². The van der Waals surface area contributed by atoms with Crippen LogP contribution < -0.4 is 15.4 Å². The lowest BCUT2D eigenvalue weighted by Crippen LogP contribution is -2.29. The minimum absolute atomic E-state index is 0.225. The second-order valence-electron chi connectivity index (χ2n) is 9.24. The molecule has 168 valence electrons. The highest BCUT2D eigenvalue weighted by Gasteiger charge is 2.52. The van der Waals surface area contributed by atoms with Crippen molar-refractivity contribution in [1.82, 2.24) is 19.7 Å². The first-order chi connectivity index (χ1) is 15.4. The van der Waals surface area contributed by atoms with Crippen molar-refractivity contribution in [2.75, 3.05) is 25.0 Å². The van der Waals surface area contributed by atoms with Crippen LogP contribution in [-0.2, 0) is 0 Å². The molecule has 0 amide bonds. The van der Waals surface area contributed by atoms with Gasteiger partial charge in [-0.25, -0.2) is 9.97 Å². The van der Waals surface area contributed by atoms with E-state index in [0.717, 1.165) is 48.7 Å². The van der Waals surface area contributed by atoms with Crippen LogP contribution in [0, 0.1) is 5.41 Å². The van der Waals surface area contributed by atoms with Gasteiger partial charge < -0.3 is 15.4 Å². The van der Waals surface area contributed by atoms with Gasteiger partial charge in [0.25, 0.3) is 0 Å². The highest BCUT2D eigenvalue weighted by atomic mass is 19.4. The molecule has 1 unspecified atom stereocenters. The number of ether oxygens (including phenoxy) is 1. The molecule has 32 heavy (non-hydrogen) atoms. The number of rotatable bonds is 6. The Labute approximate surface area is 183 Å². The van der Waals surface area contributed by atoms with Gasteiger partial charge in [0, 0.05) is 42.4 Å². The summed E-state index contributed by atoms with van der Waals surface area (Å²) < 4.78 is 45.1. The third kappa shape index (κ3) is 3.68. The van der Waals surface area contributed by atoms with Crippen molar-refractivity contribution < 1.29 is 17.9 Å². The largest absolute Gasteiger partial charge is 0.484 e. The number of hydrogen-bond acceptors (Lipinski definition) is 5. The van der Waals surface area contributed by atoms with Crippen molar-refractivity contribution in [3.63, 3.8) is 0 Å².